The number of pyridine rings is 1. The maximum atomic E-state index is 4.55. The van der Waals surface area contributed by atoms with Crippen LogP contribution in [-0.2, 0) is 0 Å². The van der Waals surface area contributed by atoms with Crippen LogP contribution in [0.15, 0.2) is 73.1 Å². The third-order valence-electron chi connectivity index (χ3n) is 4.24. The van der Waals surface area contributed by atoms with Gasteiger partial charge in [-0.05, 0) is 54.4 Å². The quantitative estimate of drug-likeness (QED) is 0.556. The van der Waals surface area contributed by atoms with Gasteiger partial charge in [0.2, 0.25) is 0 Å². The van der Waals surface area contributed by atoms with Gasteiger partial charge in [0.15, 0.2) is 0 Å². The van der Waals surface area contributed by atoms with Crippen molar-refractivity contribution in [2.75, 3.05) is 5.32 Å². The van der Waals surface area contributed by atoms with E-state index in [2.05, 4.69) is 82.9 Å². The van der Waals surface area contributed by atoms with E-state index in [1.807, 2.05) is 12.1 Å². The van der Waals surface area contributed by atoms with Crippen LogP contribution in [0, 0.1) is 0 Å². The van der Waals surface area contributed by atoms with Gasteiger partial charge in [-0.25, -0.2) is 0 Å². The molecule has 2 aromatic heterocycles. The van der Waals surface area contributed by atoms with Crippen LogP contribution in [0.5, 0.6) is 0 Å². The average Bonchev–Trinajstić information content (AvgIpc) is 2.68. The highest BCUT2D eigenvalue weighted by Gasteiger charge is 2.13. The SMILES string of the molecule is CC(C)Nc1cc(-c2ccncc2)c(-c2ccc3ccccc3c2)nn1. The van der Waals surface area contributed by atoms with Crippen molar-refractivity contribution < 1.29 is 0 Å². The van der Waals surface area contributed by atoms with E-state index in [-0.39, 0.29) is 0 Å². The van der Waals surface area contributed by atoms with E-state index in [1.165, 1.54) is 10.8 Å². The second-order valence-corrected chi connectivity index (χ2v) is 6.59. The van der Waals surface area contributed by atoms with E-state index in [0.717, 1.165) is 28.2 Å². The van der Waals surface area contributed by atoms with E-state index in [9.17, 15) is 0 Å². The minimum atomic E-state index is 0.293. The first kappa shape index (κ1) is 16.2. The summed E-state index contributed by atoms with van der Waals surface area (Å²) in [6.07, 6.45) is 3.60. The first-order valence-corrected chi connectivity index (χ1v) is 8.74. The molecule has 4 aromatic rings. The molecule has 0 aliphatic rings. The summed E-state index contributed by atoms with van der Waals surface area (Å²) in [5, 5.41) is 14.7. The first-order valence-electron chi connectivity index (χ1n) is 8.74. The van der Waals surface area contributed by atoms with Crippen LogP contribution in [0.25, 0.3) is 33.2 Å². The number of aromatic nitrogens is 3. The van der Waals surface area contributed by atoms with Crippen LogP contribution in [0.2, 0.25) is 0 Å². The van der Waals surface area contributed by atoms with Gasteiger partial charge < -0.3 is 5.32 Å². The van der Waals surface area contributed by atoms with Crippen molar-refractivity contribution in [3.05, 3.63) is 73.1 Å². The van der Waals surface area contributed by atoms with E-state index >= 15 is 0 Å². The highest BCUT2D eigenvalue weighted by atomic mass is 15.2. The molecule has 0 aliphatic heterocycles. The number of nitrogens with one attached hydrogen (secondary N) is 1. The fourth-order valence-electron chi connectivity index (χ4n) is 3.06. The molecule has 2 aromatic carbocycles. The van der Waals surface area contributed by atoms with E-state index in [0.29, 0.717) is 6.04 Å². The van der Waals surface area contributed by atoms with Gasteiger partial charge in [-0.15, -0.1) is 10.2 Å². The zero-order chi connectivity index (χ0) is 17.9. The fourth-order valence-corrected chi connectivity index (χ4v) is 3.06. The monoisotopic (exact) mass is 340 g/mol. The Balaban J connectivity index is 1.88. The lowest BCUT2D eigenvalue weighted by Gasteiger charge is -2.13. The Kier molecular flexibility index (Phi) is 4.32. The topological polar surface area (TPSA) is 50.7 Å². The Morgan fingerprint density at radius 3 is 2.31 bits per heavy atom. The van der Waals surface area contributed by atoms with Crippen LogP contribution in [0.1, 0.15) is 13.8 Å². The number of nitrogens with zero attached hydrogens (tertiary/aromatic N) is 3. The third-order valence-corrected chi connectivity index (χ3v) is 4.24. The Hall–Kier alpha value is -3.27. The summed E-state index contributed by atoms with van der Waals surface area (Å²) in [5.74, 6) is 0.774. The molecule has 26 heavy (non-hydrogen) atoms. The molecular weight excluding hydrogens is 320 g/mol. The number of hydrogen-bond donors (Lipinski definition) is 1. The van der Waals surface area contributed by atoms with Gasteiger partial charge >= 0.3 is 0 Å². The molecule has 4 nitrogen and oxygen atoms in total. The lowest BCUT2D eigenvalue weighted by atomic mass is 9.98. The van der Waals surface area contributed by atoms with Crippen LogP contribution < -0.4 is 5.32 Å². The molecule has 0 aliphatic carbocycles. The molecule has 0 spiro atoms. The predicted octanol–water partition coefficient (Wildman–Crippen LogP) is 5.18. The van der Waals surface area contributed by atoms with Gasteiger partial charge in [0.1, 0.15) is 11.5 Å². The molecule has 1 N–H and O–H groups in total. The molecule has 4 rings (SSSR count). The number of fused-ring (bicyclic) bond motifs is 1. The van der Waals surface area contributed by atoms with Crippen LogP contribution in [0.3, 0.4) is 0 Å². The first-order chi connectivity index (χ1) is 12.7. The van der Waals surface area contributed by atoms with Gasteiger partial charge in [0.05, 0.1) is 0 Å². The van der Waals surface area contributed by atoms with Gasteiger partial charge in [0.25, 0.3) is 0 Å². The number of rotatable bonds is 4. The third kappa shape index (κ3) is 3.26. The maximum Gasteiger partial charge on any atom is 0.149 e. The molecule has 2 heterocycles. The van der Waals surface area contributed by atoms with Crippen LogP contribution in [-0.4, -0.2) is 21.2 Å². The lowest BCUT2D eigenvalue weighted by Crippen LogP contribution is -2.12. The Morgan fingerprint density at radius 2 is 1.54 bits per heavy atom. The molecule has 0 saturated heterocycles. The highest BCUT2D eigenvalue weighted by Crippen LogP contribution is 2.32. The molecule has 0 atom stereocenters. The van der Waals surface area contributed by atoms with Gasteiger partial charge in [-0.2, -0.15) is 0 Å². The smallest absolute Gasteiger partial charge is 0.149 e. The number of benzene rings is 2. The Bertz CT molecular complexity index is 1040. The average molecular weight is 340 g/mol. The summed E-state index contributed by atoms with van der Waals surface area (Å²) in [5.41, 5.74) is 4.04. The summed E-state index contributed by atoms with van der Waals surface area (Å²) < 4.78 is 0. The molecule has 0 fully saturated rings. The van der Waals surface area contributed by atoms with Crippen molar-refractivity contribution in [1.29, 1.82) is 0 Å². The molecule has 128 valence electrons. The molecule has 0 unspecified atom stereocenters. The van der Waals surface area contributed by atoms with Crippen molar-refractivity contribution in [2.45, 2.75) is 19.9 Å². The van der Waals surface area contributed by atoms with Crippen molar-refractivity contribution in [1.82, 2.24) is 15.2 Å². The normalized spacial score (nSPS) is 11.0. The number of anilines is 1. The highest BCUT2D eigenvalue weighted by molar-refractivity contribution is 5.90. The second-order valence-electron chi connectivity index (χ2n) is 6.59. The zero-order valence-corrected chi connectivity index (χ0v) is 14.8. The molecular formula is C22H20N4. The van der Waals surface area contributed by atoms with E-state index in [1.54, 1.807) is 12.4 Å². The summed E-state index contributed by atoms with van der Waals surface area (Å²) >= 11 is 0. The second kappa shape index (κ2) is 6.92. The van der Waals surface area contributed by atoms with Crippen LogP contribution in [0.4, 0.5) is 5.82 Å². The van der Waals surface area contributed by atoms with E-state index in [4.69, 9.17) is 0 Å². The largest absolute Gasteiger partial charge is 0.366 e. The maximum absolute atomic E-state index is 4.55. The Morgan fingerprint density at radius 1 is 0.769 bits per heavy atom. The Labute approximate surface area is 152 Å². The minimum Gasteiger partial charge on any atom is -0.366 e. The standard InChI is InChI=1S/C22H20N4/c1-15(2)24-21-14-20(17-9-11-23-12-10-17)22(26-25-21)19-8-7-16-5-3-4-6-18(16)13-19/h3-15H,1-2H3,(H,24,25). The van der Waals surface area contributed by atoms with E-state index < -0.39 is 0 Å². The summed E-state index contributed by atoms with van der Waals surface area (Å²) in [6.45, 7) is 4.18. The van der Waals surface area contributed by atoms with Gasteiger partial charge in [-0.3, -0.25) is 4.98 Å². The van der Waals surface area contributed by atoms with Crippen molar-refractivity contribution >= 4 is 16.6 Å². The minimum absolute atomic E-state index is 0.293. The molecule has 0 bridgehead atoms. The van der Waals surface area contributed by atoms with Crippen molar-refractivity contribution in [3.8, 4) is 22.4 Å². The summed E-state index contributed by atoms with van der Waals surface area (Å²) in [6, 6.07) is 21.1. The fraction of sp³-hybridized carbons (Fsp3) is 0.136. The molecule has 0 amide bonds. The predicted molar refractivity (Wildman–Crippen MR) is 107 cm³/mol. The zero-order valence-electron chi connectivity index (χ0n) is 14.8. The van der Waals surface area contributed by atoms with Crippen molar-refractivity contribution in [2.24, 2.45) is 0 Å². The van der Waals surface area contributed by atoms with Gasteiger partial charge in [-0.1, -0.05) is 36.4 Å². The van der Waals surface area contributed by atoms with Crippen LogP contribution >= 0.6 is 0 Å². The molecule has 0 radical (unpaired) electrons. The number of hydrogen-bond acceptors (Lipinski definition) is 4. The summed E-state index contributed by atoms with van der Waals surface area (Å²) in [4.78, 5) is 4.13. The molecule has 0 saturated carbocycles. The lowest BCUT2D eigenvalue weighted by molar-refractivity contribution is 0.875. The van der Waals surface area contributed by atoms with Gasteiger partial charge in [0, 0.05) is 29.6 Å². The summed E-state index contributed by atoms with van der Waals surface area (Å²) in [7, 11) is 0. The molecule has 4 heteroatoms. The van der Waals surface area contributed by atoms with Crippen molar-refractivity contribution in [3.63, 3.8) is 0 Å².